The van der Waals surface area contributed by atoms with Crippen LogP contribution in [0.3, 0.4) is 0 Å². The molecule has 0 radical (unpaired) electrons. The maximum atomic E-state index is 9.61. The minimum absolute atomic E-state index is 0. The van der Waals surface area contributed by atoms with Crippen LogP contribution >= 0.6 is 0 Å². The maximum absolute atomic E-state index is 9.61. The van der Waals surface area contributed by atoms with Gasteiger partial charge in [0.15, 0.2) is 0 Å². The van der Waals surface area contributed by atoms with E-state index in [2.05, 4.69) is 4.74 Å². The fourth-order valence-corrected chi connectivity index (χ4v) is 0.203. The molecule has 0 saturated carbocycles. The van der Waals surface area contributed by atoms with E-state index in [0.29, 0.717) is 13.0 Å². The van der Waals surface area contributed by atoms with Crippen LogP contribution in [0.1, 0.15) is 6.42 Å². The van der Waals surface area contributed by atoms with E-state index < -0.39 is 0 Å². The van der Waals surface area contributed by atoms with Gasteiger partial charge in [-0.05, 0) is 6.42 Å². The van der Waals surface area contributed by atoms with Gasteiger partial charge in [0.25, 0.3) is 0 Å². The minimum atomic E-state index is -0.0200. The maximum Gasteiger partial charge on any atom is 1.00 e. The van der Waals surface area contributed by atoms with Crippen molar-refractivity contribution in [3.8, 4) is 0 Å². The molecule has 0 bridgehead atoms. The predicted molar refractivity (Wildman–Crippen MR) is 21.4 cm³/mol. The quantitative estimate of drug-likeness (QED) is 0.268. The van der Waals surface area contributed by atoms with E-state index in [1.807, 2.05) is 0 Å². The average Bonchev–Trinajstić information content (AvgIpc) is 1.61. The predicted octanol–water partition coefficient (Wildman–Crippen LogP) is -3.61. The van der Waals surface area contributed by atoms with E-state index in [0.717, 1.165) is 0 Å². The molecule has 0 aromatic rings. The van der Waals surface area contributed by atoms with Gasteiger partial charge in [0.2, 0.25) is 0 Å². The van der Waals surface area contributed by atoms with E-state index >= 15 is 0 Å². The van der Waals surface area contributed by atoms with Gasteiger partial charge in [-0.2, -0.15) is 0 Å². The Hall–Kier alpha value is 0.517. The summed E-state index contributed by atoms with van der Waals surface area (Å²) in [5.41, 5.74) is 0. The van der Waals surface area contributed by atoms with E-state index in [4.69, 9.17) is 0 Å². The summed E-state index contributed by atoms with van der Waals surface area (Å²) < 4.78 is 4.58. The summed E-state index contributed by atoms with van der Waals surface area (Å²) in [5.74, 6) is 0. The molecule has 0 saturated heterocycles. The normalized spacial score (nSPS) is 7.71. The first-order valence-electron chi connectivity index (χ1n) is 1.99. The topological polar surface area (TPSA) is 32.3 Å². The summed E-state index contributed by atoms with van der Waals surface area (Å²) in [6.07, 6.45) is 0.635. The Bertz CT molecular complexity index is 21.7. The molecule has 0 aliphatic carbocycles. The Balaban J connectivity index is 0. The zero-order valence-electron chi connectivity index (χ0n) is 4.94. The summed E-state index contributed by atoms with van der Waals surface area (Å²) in [6, 6.07) is 0. The molecule has 0 spiro atoms. The van der Waals surface area contributed by atoms with Crippen molar-refractivity contribution < 1.29 is 28.7 Å². The van der Waals surface area contributed by atoms with Gasteiger partial charge in [-0.3, -0.25) is 0 Å². The van der Waals surface area contributed by atoms with Crippen LogP contribution in [0.4, 0.5) is 0 Å². The molecule has 0 N–H and O–H groups in total. The van der Waals surface area contributed by atoms with Gasteiger partial charge in [0.1, 0.15) is 0 Å². The monoisotopic (exact) mass is 96.1 g/mol. The molecule has 7 heavy (non-hydrogen) atoms. The van der Waals surface area contributed by atoms with Gasteiger partial charge in [-0.15, -0.1) is 6.61 Å². The van der Waals surface area contributed by atoms with Crippen molar-refractivity contribution in [2.24, 2.45) is 0 Å². The Labute approximate surface area is 56.0 Å². The number of methoxy groups -OCH3 is 1. The summed E-state index contributed by atoms with van der Waals surface area (Å²) in [4.78, 5) is 0. The van der Waals surface area contributed by atoms with Crippen molar-refractivity contribution in [3.05, 3.63) is 0 Å². The summed E-state index contributed by atoms with van der Waals surface area (Å²) >= 11 is 0. The first-order chi connectivity index (χ1) is 2.91. The van der Waals surface area contributed by atoms with E-state index in [-0.39, 0.29) is 25.5 Å². The van der Waals surface area contributed by atoms with Gasteiger partial charge in [-0.1, -0.05) is 0 Å². The SMILES string of the molecule is COCCC[O-].[Li+]. The molecule has 0 atom stereocenters. The van der Waals surface area contributed by atoms with E-state index in [1.54, 1.807) is 7.11 Å². The molecular formula is C4H9LiO2. The summed E-state index contributed by atoms with van der Waals surface area (Å²) in [7, 11) is 1.59. The molecular weight excluding hydrogens is 87.0 g/mol. The number of rotatable bonds is 3. The van der Waals surface area contributed by atoms with Crippen LogP contribution in [0.15, 0.2) is 0 Å². The average molecular weight is 96.1 g/mol. The molecule has 0 aliphatic rings. The third kappa shape index (κ3) is 10.7. The molecule has 3 heteroatoms. The Morgan fingerprint density at radius 1 is 1.57 bits per heavy atom. The van der Waals surface area contributed by atoms with Gasteiger partial charge in [0, 0.05) is 13.7 Å². The van der Waals surface area contributed by atoms with Crippen molar-refractivity contribution in [2.75, 3.05) is 20.3 Å². The molecule has 0 amide bonds. The second-order valence-corrected chi connectivity index (χ2v) is 1.05. The molecule has 0 heterocycles. The summed E-state index contributed by atoms with van der Waals surface area (Å²) in [5, 5.41) is 9.61. The van der Waals surface area contributed by atoms with E-state index in [9.17, 15) is 5.11 Å². The largest absolute Gasteiger partial charge is 1.00 e. The number of ether oxygens (including phenoxy) is 1. The van der Waals surface area contributed by atoms with Crippen molar-refractivity contribution in [1.29, 1.82) is 0 Å². The molecule has 0 unspecified atom stereocenters. The van der Waals surface area contributed by atoms with Gasteiger partial charge >= 0.3 is 18.9 Å². The fraction of sp³-hybridized carbons (Fsp3) is 1.00. The Morgan fingerprint density at radius 3 is 2.29 bits per heavy atom. The van der Waals surface area contributed by atoms with Crippen molar-refractivity contribution >= 4 is 0 Å². The van der Waals surface area contributed by atoms with Crippen LogP contribution < -0.4 is 24.0 Å². The second-order valence-electron chi connectivity index (χ2n) is 1.05. The van der Waals surface area contributed by atoms with Crippen LogP contribution in [0.5, 0.6) is 0 Å². The van der Waals surface area contributed by atoms with Gasteiger partial charge < -0.3 is 9.84 Å². The smallest absolute Gasteiger partial charge is 0.854 e. The van der Waals surface area contributed by atoms with Crippen molar-refractivity contribution in [1.82, 2.24) is 0 Å². The first-order valence-corrected chi connectivity index (χ1v) is 1.99. The number of hydrogen-bond acceptors (Lipinski definition) is 2. The van der Waals surface area contributed by atoms with Gasteiger partial charge in [-0.25, -0.2) is 0 Å². The molecule has 38 valence electrons. The molecule has 0 aliphatic heterocycles. The molecule has 0 aromatic heterocycles. The van der Waals surface area contributed by atoms with Crippen LogP contribution in [0.2, 0.25) is 0 Å². The molecule has 0 fully saturated rings. The van der Waals surface area contributed by atoms with Crippen molar-refractivity contribution in [2.45, 2.75) is 6.42 Å². The molecule has 2 nitrogen and oxygen atoms in total. The van der Waals surface area contributed by atoms with Crippen LogP contribution in [0, 0.1) is 0 Å². The zero-order chi connectivity index (χ0) is 4.83. The summed E-state index contributed by atoms with van der Waals surface area (Å²) in [6.45, 7) is 0.581. The van der Waals surface area contributed by atoms with E-state index in [1.165, 1.54) is 0 Å². The standard InChI is InChI=1S/C4H9O2.Li/c1-6-4-2-3-5;/h2-4H2,1H3;/q-1;+1. The Morgan fingerprint density at radius 2 is 2.14 bits per heavy atom. The van der Waals surface area contributed by atoms with Gasteiger partial charge in [0.05, 0.1) is 0 Å². The third-order valence-electron chi connectivity index (χ3n) is 0.493. The fourth-order valence-electron chi connectivity index (χ4n) is 0.203. The van der Waals surface area contributed by atoms with Crippen LogP contribution in [0.25, 0.3) is 0 Å². The molecule has 0 rings (SSSR count). The minimum Gasteiger partial charge on any atom is -0.854 e. The number of hydrogen-bond donors (Lipinski definition) is 0. The third-order valence-corrected chi connectivity index (χ3v) is 0.493. The second kappa shape index (κ2) is 9.72. The zero-order valence-corrected chi connectivity index (χ0v) is 4.94. The Kier molecular flexibility index (Phi) is 14.6. The molecule has 0 aromatic carbocycles. The van der Waals surface area contributed by atoms with Crippen LogP contribution in [-0.2, 0) is 4.74 Å². The first kappa shape index (κ1) is 10.5. The van der Waals surface area contributed by atoms with Crippen molar-refractivity contribution in [3.63, 3.8) is 0 Å². The van der Waals surface area contributed by atoms with Crippen LogP contribution in [-0.4, -0.2) is 20.3 Å².